The van der Waals surface area contributed by atoms with Gasteiger partial charge in [-0.15, -0.1) is 22.9 Å². The SMILES string of the molecule is Cc1cc(Cn2c(CCl)nc3c(F)cccc32)sc1C. The van der Waals surface area contributed by atoms with E-state index in [1.807, 2.05) is 10.6 Å². The number of aryl methyl sites for hydroxylation is 2. The maximum absolute atomic E-state index is 13.8. The van der Waals surface area contributed by atoms with Gasteiger partial charge in [0.05, 0.1) is 17.9 Å². The van der Waals surface area contributed by atoms with E-state index in [0.29, 0.717) is 17.9 Å². The molecule has 0 fully saturated rings. The molecule has 2 aromatic heterocycles. The van der Waals surface area contributed by atoms with Crippen molar-refractivity contribution in [2.75, 3.05) is 0 Å². The normalized spacial score (nSPS) is 11.4. The molecule has 0 N–H and O–H groups in total. The molecule has 0 amide bonds. The van der Waals surface area contributed by atoms with Crippen molar-refractivity contribution in [1.82, 2.24) is 9.55 Å². The number of rotatable bonds is 3. The second kappa shape index (κ2) is 5.19. The molecule has 0 radical (unpaired) electrons. The maximum atomic E-state index is 13.8. The van der Waals surface area contributed by atoms with Crippen LogP contribution in [0.15, 0.2) is 24.3 Å². The van der Waals surface area contributed by atoms with Crippen LogP contribution in [0.3, 0.4) is 0 Å². The first-order valence-corrected chi connectivity index (χ1v) is 7.70. The molecule has 2 heterocycles. The van der Waals surface area contributed by atoms with Crippen LogP contribution in [0.1, 0.15) is 21.1 Å². The summed E-state index contributed by atoms with van der Waals surface area (Å²) >= 11 is 7.72. The van der Waals surface area contributed by atoms with Crippen LogP contribution in [0, 0.1) is 19.7 Å². The van der Waals surface area contributed by atoms with Gasteiger partial charge in [0.15, 0.2) is 5.82 Å². The quantitative estimate of drug-likeness (QED) is 0.644. The Morgan fingerprint density at radius 3 is 2.80 bits per heavy atom. The number of thiophene rings is 1. The smallest absolute Gasteiger partial charge is 0.151 e. The summed E-state index contributed by atoms with van der Waals surface area (Å²) in [6.45, 7) is 4.89. The van der Waals surface area contributed by atoms with E-state index in [0.717, 1.165) is 5.52 Å². The van der Waals surface area contributed by atoms with Crippen LogP contribution in [0.25, 0.3) is 11.0 Å². The minimum atomic E-state index is -0.300. The molecule has 0 atom stereocenters. The molecule has 0 saturated heterocycles. The van der Waals surface area contributed by atoms with Crippen molar-refractivity contribution >= 4 is 34.0 Å². The number of hydrogen-bond acceptors (Lipinski definition) is 2. The number of hydrogen-bond donors (Lipinski definition) is 0. The van der Waals surface area contributed by atoms with Crippen LogP contribution < -0.4 is 0 Å². The van der Waals surface area contributed by atoms with Gasteiger partial charge in [-0.05, 0) is 37.6 Å². The summed E-state index contributed by atoms with van der Waals surface area (Å²) < 4.78 is 15.8. The van der Waals surface area contributed by atoms with Gasteiger partial charge in [0.1, 0.15) is 11.3 Å². The molecule has 0 bridgehead atoms. The number of halogens is 2. The van der Waals surface area contributed by atoms with Crippen molar-refractivity contribution < 1.29 is 4.39 Å². The highest BCUT2D eigenvalue weighted by atomic mass is 35.5. The van der Waals surface area contributed by atoms with Gasteiger partial charge in [0.25, 0.3) is 0 Å². The van der Waals surface area contributed by atoms with Crippen LogP contribution in [-0.2, 0) is 12.4 Å². The second-order valence-corrected chi connectivity index (χ2v) is 6.42. The Bertz CT molecular complexity index is 756. The Balaban J connectivity index is 2.12. The van der Waals surface area contributed by atoms with Gasteiger partial charge >= 0.3 is 0 Å². The van der Waals surface area contributed by atoms with E-state index in [9.17, 15) is 4.39 Å². The molecule has 0 spiro atoms. The minimum Gasteiger partial charge on any atom is -0.322 e. The number of benzene rings is 1. The highest BCUT2D eigenvalue weighted by Gasteiger charge is 2.14. The number of fused-ring (bicyclic) bond motifs is 1. The zero-order valence-electron chi connectivity index (χ0n) is 11.3. The Labute approximate surface area is 125 Å². The third kappa shape index (κ3) is 2.23. The Morgan fingerprint density at radius 1 is 1.35 bits per heavy atom. The van der Waals surface area contributed by atoms with Gasteiger partial charge in [-0.1, -0.05) is 6.07 Å². The second-order valence-electron chi connectivity index (χ2n) is 4.81. The van der Waals surface area contributed by atoms with Crippen molar-refractivity contribution in [3.63, 3.8) is 0 Å². The molecule has 3 rings (SSSR count). The molecule has 0 aliphatic rings. The zero-order valence-corrected chi connectivity index (χ0v) is 12.9. The molecule has 3 aromatic rings. The van der Waals surface area contributed by atoms with Crippen molar-refractivity contribution in [2.24, 2.45) is 0 Å². The van der Waals surface area contributed by atoms with E-state index in [2.05, 4.69) is 24.9 Å². The molecule has 0 aliphatic carbocycles. The number of para-hydroxylation sites is 1. The van der Waals surface area contributed by atoms with Gasteiger partial charge in [0.2, 0.25) is 0 Å². The van der Waals surface area contributed by atoms with Crippen molar-refractivity contribution in [2.45, 2.75) is 26.3 Å². The predicted molar refractivity (Wildman–Crippen MR) is 82.1 cm³/mol. The van der Waals surface area contributed by atoms with Crippen molar-refractivity contribution in [1.29, 1.82) is 0 Å². The number of aromatic nitrogens is 2. The molecular weight excluding hydrogens is 295 g/mol. The van der Waals surface area contributed by atoms with Gasteiger partial charge in [-0.25, -0.2) is 9.37 Å². The lowest BCUT2D eigenvalue weighted by Crippen LogP contribution is -2.02. The van der Waals surface area contributed by atoms with Crippen LogP contribution >= 0.6 is 22.9 Å². The molecule has 104 valence electrons. The third-order valence-corrected chi connectivity index (χ3v) is 4.84. The molecule has 0 aliphatic heterocycles. The fraction of sp³-hybridized carbons (Fsp3) is 0.267. The molecule has 20 heavy (non-hydrogen) atoms. The summed E-state index contributed by atoms with van der Waals surface area (Å²) in [5, 5.41) is 0. The summed E-state index contributed by atoms with van der Waals surface area (Å²) in [5.74, 6) is 0.680. The lowest BCUT2D eigenvalue weighted by atomic mass is 10.2. The van der Waals surface area contributed by atoms with E-state index in [1.54, 1.807) is 17.4 Å². The van der Waals surface area contributed by atoms with Crippen LogP contribution in [0.2, 0.25) is 0 Å². The van der Waals surface area contributed by atoms with E-state index in [4.69, 9.17) is 11.6 Å². The first-order chi connectivity index (χ1) is 9.60. The monoisotopic (exact) mass is 308 g/mol. The highest BCUT2D eigenvalue weighted by molar-refractivity contribution is 7.12. The van der Waals surface area contributed by atoms with Crippen molar-refractivity contribution in [3.8, 4) is 0 Å². The largest absolute Gasteiger partial charge is 0.322 e. The highest BCUT2D eigenvalue weighted by Crippen LogP contribution is 2.26. The standard InChI is InChI=1S/C15H14ClFN2S/c1-9-6-11(20-10(9)2)8-19-13-5-3-4-12(17)15(13)18-14(19)7-16/h3-6H,7-8H2,1-2H3. The average molecular weight is 309 g/mol. The van der Waals surface area contributed by atoms with Crippen LogP contribution in [0.5, 0.6) is 0 Å². The minimum absolute atomic E-state index is 0.275. The van der Waals surface area contributed by atoms with Crippen LogP contribution in [0.4, 0.5) is 4.39 Å². The van der Waals surface area contributed by atoms with E-state index in [1.165, 1.54) is 21.4 Å². The fourth-order valence-electron chi connectivity index (χ4n) is 2.32. The lowest BCUT2D eigenvalue weighted by Gasteiger charge is -2.05. The van der Waals surface area contributed by atoms with Gasteiger partial charge in [-0.2, -0.15) is 0 Å². The molecule has 0 unspecified atom stereocenters. The van der Waals surface area contributed by atoms with Gasteiger partial charge < -0.3 is 4.57 Å². The van der Waals surface area contributed by atoms with Gasteiger partial charge in [-0.3, -0.25) is 0 Å². The summed E-state index contributed by atoms with van der Waals surface area (Å²) in [6, 6.07) is 7.19. The molecule has 0 saturated carbocycles. The van der Waals surface area contributed by atoms with E-state index in [-0.39, 0.29) is 11.7 Å². The zero-order chi connectivity index (χ0) is 14.3. The summed E-state index contributed by atoms with van der Waals surface area (Å²) in [4.78, 5) is 6.86. The topological polar surface area (TPSA) is 17.8 Å². The fourth-order valence-corrected chi connectivity index (χ4v) is 3.57. The molecular formula is C15H14ClFN2S. The Hall–Kier alpha value is -1.39. The van der Waals surface area contributed by atoms with E-state index >= 15 is 0 Å². The third-order valence-electron chi connectivity index (χ3n) is 3.46. The van der Waals surface area contributed by atoms with Crippen LogP contribution in [-0.4, -0.2) is 9.55 Å². The lowest BCUT2D eigenvalue weighted by molar-refractivity contribution is 0.637. The Kier molecular flexibility index (Phi) is 3.52. The maximum Gasteiger partial charge on any atom is 0.151 e. The van der Waals surface area contributed by atoms with Gasteiger partial charge in [0, 0.05) is 9.75 Å². The summed E-state index contributed by atoms with van der Waals surface area (Å²) in [5.41, 5.74) is 2.48. The van der Waals surface area contributed by atoms with Crippen molar-refractivity contribution in [3.05, 3.63) is 51.2 Å². The first-order valence-electron chi connectivity index (χ1n) is 6.35. The summed E-state index contributed by atoms with van der Waals surface area (Å²) in [6.07, 6.45) is 0. The number of nitrogens with zero attached hydrogens (tertiary/aromatic N) is 2. The summed E-state index contributed by atoms with van der Waals surface area (Å²) in [7, 11) is 0. The molecule has 1 aromatic carbocycles. The Morgan fingerprint density at radius 2 is 2.15 bits per heavy atom. The molecule has 5 heteroatoms. The molecule has 2 nitrogen and oxygen atoms in total. The first kappa shape index (κ1) is 13.6. The average Bonchev–Trinajstić information content (AvgIpc) is 2.93. The number of alkyl halides is 1. The number of imidazole rings is 1. The predicted octanol–water partition coefficient (Wildman–Crippen LogP) is 4.64. The van der Waals surface area contributed by atoms with E-state index < -0.39 is 0 Å².